The minimum Gasteiger partial charge on any atom is -0.466 e. The molecule has 1 fully saturated rings. The number of ether oxygens (including phenoxy) is 1. The van der Waals surface area contributed by atoms with Gasteiger partial charge in [0.15, 0.2) is 0 Å². The molecule has 162 valence electrons. The molecule has 1 saturated heterocycles. The Balaban J connectivity index is 1.59. The van der Waals surface area contributed by atoms with Crippen molar-refractivity contribution in [3.63, 3.8) is 0 Å². The summed E-state index contributed by atoms with van der Waals surface area (Å²) in [7, 11) is 0. The molecule has 0 radical (unpaired) electrons. The predicted molar refractivity (Wildman–Crippen MR) is 114 cm³/mol. The van der Waals surface area contributed by atoms with Gasteiger partial charge in [-0.2, -0.15) is 0 Å². The molecule has 4 rings (SSSR count). The lowest BCUT2D eigenvalue weighted by molar-refractivity contribution is -0.149. The first-order valence-corrected chi connectivity index (χ1v) is 10.6. The number of carbonyl (C=O) groups is 1. The normalized spacial score (nSPS) is 15.2. The molecule has 3 heterocycles. The Hall–Kier alpha value is -2.84. The monoisotopic (exact) mass is 443 g/mol. The molecule has 1 aromatic carbocycles. The van der Waals surface area contributed by atoms with E-state index in [2.05, 4.69) is 20.2 Å². The Morgan fingerprint density at radius 3 is 2.65 bits per heavy atom. The summed E-state index contributed by atoms with van der Waals surface area (Å²) >= 11 is 5.99. The Bertz CT molecular complexity index is 1050. The number of likely N-dealkylation sites (tertiary alicyclic amines) is 1. The number of halogens is 2. The molecule has 0 bridgehead atoms. The first-order chi connectivity index (χ1) is 15.1. The third kappa shape index (κ3) is 4.75. The summed E-state index contributed by atoms with van der Waals surface area (Å²) < 4.78 is 20.5. The topological polar surface area (TPSA) is 73.1 Å². The zero-order chi connectivity index (χ0) is 21.8. The zero-order valence-electron chi connectivity index (χ0n) is 17.2. The fraction of sp³-hybridized carbons (Fsp3) is 0.364. The fourth-order valence-corrected chi connectivity index (χ4v) is 3.99. The van der Waals surface area contributed by atoms with Gasteiger partial charge in [0.1, 0.15) is 11.5 Å². The Kier molecular flexibility index (Phi) is 6.58. The Labute approximate surface area is 184 Å². The molecule has 0 aliphatic carbocycles. The maximum absolute atomic E-state index is 13.7. The largest absolute Gasteiger partial charge is 0.466 e. The maximum Gasteiger partial charge on any atom is 0.309 e. The van der Waals surface area contributed by atoms with Crippen molar-refractivity contribution >= 4 is 17.6 Å². The minimum absolute atomic E-state index is 0.0243. The highest BCUT2D eigenvalue weighted by atomic mass is 35.5. The van der Waals surface area contributed by atoms with Crippen LogP contribution in [-0.2, 0) is 16.1 Å². The molecule has 0 atom stereocenters. The van der Waals surface area contributed by atoms with E-state index in [1.807, 2.05) is 19.1 Å². The molecule has 0 N–H and O–H groups in total. The number of piperidine rings is 1. The highest BCUT2D eigenvalue weighted by Gasteiger charge is 2.27. The molecule has 0 saturated carbocycles. The van der Waals surface area contributed by atoms with Gasteiger partial charge < -0.3 is 4.74 Å². The van der Waals surface area contributed by atoms with Crippen LogP contribution >= 0.6 is 11.6 Å². The maximum atomic E-state index is 13.7. The van der Waals surface area contributed by atoms with Crippen molar-refractivity contribution in [3.8, 4) is 16.9 Å². The summed E-state index contributed by atoms with van der Waals surface area (Å²) in [6, 6.07) is 8.24. The molecule has 7 nitrogen and oxygen atoms in total. The molecule has 0 unspecified atom stereocenters. The van der Waals surface area contributed by atoms with E-state index in [1.54, 1.807) is 23.1 Å². The van der Waals surface area contributed by atoms with E-state index >= 15 is 0 Å². The summed E-state index contributed by atoms with van der Waals surface area (Å²) in [6.45, 7) is 4.36. The van der Waals surface area contributed by atoms with Crippen LogP contribution in [0.3, 0.4) is 0 Å². The number of benzene rings is 1. The smallest absolute Gasteiger partial charge is 0.309 e. The second-order valence-corrected chi connectivity index (χ2v) is 7.84. The molecule has 3 aromatic rings. The SMILES string of the molecule is CCOC(=O)C1CCN(Cc2nnn(-c3ccc(F)c(Cl)c3)c2-c2ccncc2)CC1. The van der Waals surface area contributed by atoms with E-state index in [1.165, 1.54) is 12.1 Å². The number of aromatic nitrogens is 4. The zero-order valence-corrected chi connectivity index (χ0v) is 17.9. The van der Waals surface area contributed by atoms with E-state index in [4.69, 9.17) is 16.3 Å². The molecular weight excluding hydrogens is 421 g/mol. The molecule has 1 aliphatic rings. The van der Waals surface area contributed by atoms with Crippen molar-refractivity contribution in [2.24, 2.45) is 5.92 Å². The summed E-state index contributed by atoms with van der Waals surface area (Å²) in [4.78, 5) is 18.4. The standard InChI is InChI=1S/C22H23ClFN5O2/c1-2-31-22(30)16-7-11-28(12-8-16)14-20-21(15-5-9-25-10-6-15)29(27-26-20)17-3-4-19(24)18(23)13-17/h3-6,9-10,13,16H,2,7-8,11-12,14H2,1H3. The molecular formula is C22H23ClFN5O2. The van der Waals surface area contributed by atoms with Gasteiger partial charge >= 0.3 is 5.97 Å². The number of carbonyl (C=O) groups excluding carboxylic acids is 1. The van der Waals surface area contributed by atoms with Gasteiger partial charge in [0.2, 0.25) is 0 Å². The average Bonchev–Trinajstić information content (AvgIpc) is 3.20. The first-order valence-electron chi connectivity index (χ1n) is 10.3. The number of nitrogens with zero attached hydrogens (tertiary/aromatic N) is 5. The average molecular weight is 444 g/mol. The van der Waals surface area contributed by atoms with Crippen LogP contribution in [0.25, 0.3) is 16.9 Å². The van der Waals surface area contributed by atoms with E-state index in [0.717, 1.165) is 42.9 Å². The van der Waals surface area contributed by atoms with Crippen LogP contribution in [0.5, 0.6) is 0 Å². The van der Waals surface area contributed by atoms with Gasteiger partial charge in [0, 0.05) is 24.5 Å². The molecule has 2 aromatic heterocycles. The predicted octanol–water partition coefficient (Wildman–Crippen LogP) is 3.90. The Morgan fingerprint density at radius 1 is 1.23 bits per heavy atom. The van der Waals surface area contributed by atoms with Crippen LogP contribution in [0.1, 0.15) is 25.5 Å². The van der Waals surface area contributed by atoms with Crippen LogP contribution < -0.4 is 0 Å². The number of hydrogen-bond acceptors (Lipinski definition) is 6. The molecule has 9 heteroatoms. The fourth-order valence-electron chi connectivity index (χ4n) is 3.81. The van der Waals surface area contributed by atoms with Crippen molar-refractivity contribution in [1.82, 2.24) is 24.9 Å². The quantitative estimate of drug-likeness (QED) is 0.538. The second-order valence-electron chi connectivity index (χ2n) is 7.43. The van der Waals surface area contributed by atoms with Crippen LogP contribution in [0.15, 0.2) is 42.7 Å². The Morgan fingerprint density at radius 2 is 1.97 bits per heavy atom. The van der Waals surface area contributed by atoms with E-state index in [0.29, 0.717) is 18.8 Å². The summed E-state index contributed by atoms with van der Waals surface area (Å²) in [5.74, 6) is -0.646. The van der Waals surface area contributed by atoms with Gasteiger partial charge in [-0.05, 0) is 63.2 Å². The second kappa shape index (κ2) is 9.53. The van der Waals surface area contributed by atoms with E-state index in [-0.39, 0.29) is 16.9 Å². The number of pyridine rings is 1. The molecule has 0 amide bonds. The minimum atomic E-state index is -0.485. The lowest BCUT2D eigenvalue weighted by atomic mass is 9.97. The van der Waals surface area contributed by atoms with Crippen LogP contribution in [0, 0.1) is 11.7 Å². The number of esters is 1. The first kappa shape index (κ1) is 21.4. The highest BCUT2D eigenvalue weighted by molar-refractivity contribution is 6.30. The third-order valence-electron chi connectivity index (χ3n) is 5.42. The number of rotatable bonds is 6. The van der Waals surface area contributed by atoms with Crippen LogP contribution in [0.4, 0.5) is 4.39 Å². The van der Waals surface area contributed by atoms with Crippen molar-refractivity contribution in [2.45, 2.75) is 26.3 Å². The van der Waals surface area contributed by atoms with Crippen LogP contribution in [0.2, 0.25) is 5.02 Å². The van der Waals surface area contributed by atoms with E-state index < -0.39 is 5.82 Å². The van der Waals surface area contributed by atoms with Crippen molar-refractivity contribution in [1.29, 1.82) is 0 Å². The van der Waals surface area contributed by atoms with Crippen LogP contribution in [-0.4, -0.2) is 50.5 Å². The van der Waals surface area contributed by atoms with Gasteiger partial charge in [-0.25, -0.2) is 9.07 Å². The molecule has 31 heavy (non-hydrogen) atoms. The molecule has 0 spiro atoms. The van der Waals surface area contributed by atoms with Gasteiger partial charge in [-0.15, -0.1) is 5.10 Å². The summed E-state index contributed by atoms with van der Waals surface area (Å²) in [5, 5.41) is 8.78. The number of hydrogen-bond donors (Lipinski definition) is 0. The third-order valence-corrected chi connectivity index (χ3v) is 5.71. The molecule has 1 aliphatic heterocycles. The summed E-state index contributed by atoms with van der Waals surface area (Å²) in [6.07, 6.45) is 4.92. The lowest BCUT2D eigenvalue weighted by Crippen LogP contribution is -2.36. The van der Waals surface area contributed by atoms with E-state index in [9.17, 15) is 9.18 Å². The van der Waals surface area contributed by atoms with Gasteiger partial charge in [-0.1, -0.05) is 16.8 Å². The summed E-state index contributed by atoms with van der Waals surface area (Å²) in [5.41, 5.74) is 3.12. The van der Waals surface area contributed by atoms with Gasteiger partial charge in [0.25, 0.3) is 0 Å². The van der Waals surface area contributed by atoms with Gasteiger partial charge in [0.05, 0.1) is 28.9 Å². The lowest BCUT2D eigenvalue weighted by Gasteiger charge is -2.30. The van der Waals surface area contributed by atoms with Crippen molar-refractivity contribution in [3.05, 3.63) is 59.3 Å². The highest BCUT2D eigenvalue weighted by Crippen LogP contribution is 2.29. The van der Waals surface area contributed by atoms with Gasteiger partial charge in [-0.3, -0.25) is 14.7 Å². The van der Waals surface area contributed by atoms with Crippen molar-refractivity contribution < 1.29 is 13.9 Å². The van der Waals surface area contributed by atoms with Crippen molar-refractivity contribution in [2.75, 3.05) is 19.7 Å².